The van der Waals surface area contributed by atoms with Crippen molar-refractivity contribution in [2.75, 3.05) is 0 Å². The van der Waals surface area contributed by atoms with E-state index < -0.39 is 0 Å². The van der Waals surface area contributed by atoms with Gasteiger partial charge in [-0.25, -0.2) is 0 Å². The van der Waals surface area contributed by atoms with Gasteiger partial charge in [0.2, 0.25) is 0 Å². The van der Waals surface area contributed by atoms with Crippen LogP contribution in [0, 0.1) is 6.92 Å². The Morgan fingerprint density at radius 3 is 2.45 bits per heavy atom. The first-order chi connectivity index (χ1) is 10.5. The third kappa shape index (κ3) is 2.75. The van der Waals surface area contributed by atoms with Crippen molar-refractivity contribution < 1.29 is 9.15 Å². The maximum Gasteiger partial charge on any atom is 0.193 e. The van der Waals surface area contributed by atoms with Crippen LogP contribution in [0.15, 0.2) is 57.7 Å². The minimum absolute atomic E-state index is 0.0423. The van der Waals surface area contributed by atoms with Crippen LogP contribution in [-0.4, -0.2) is 6.10 Å². The first kappa shape index (κ1) is 14.4. The molecule has 0 atom stereocenters. The zero-order valence-electron chi connectivity index (χ0n) is 12.9. The zero-order valence-corrected chi connectivity index (χ0v) is 12.9. The topological polar surface area (TPSA) is 39.4 Å². The number of hydrogen-bond acceptors (Lipinski definition) is 3. The Labute approximate surface area is 129 Å². The van der Waals surface area contributed by atoms with Crippen molar-refractivity contribution in [3.63, 3.8) is 0 Å². The smallest absolute Gasteiger partial charge is 0.193 e. The summed E-state index contributed by atoms with van der Waals surface area (Å²) in [6.45, 7) is 5.88. The van der Waals surface area contributed by atoms with Crippen LogP contribution in [0.1, 0.15) is 19.4 Å². The van der Waals surface area contributed by atoms with E-state index in [1.54, 1.807) is 12.1 Å². The normalized spacial score (nSPS) is 11.1. The van der Waals surface area contributed by atoms with Gasteiger partial charge in [-0.05, 0) is 32.4 Å². The third-order valence-electron chi connectivity index (χ3n) is 3.45. The molecule has 0 unspecified atom stereocenters. The second-order valence-electron chi connectivity index (χ2n) is 5.62. The minimum Gasteiger partial charge on any atom is -0.491 e. The minimum atomic E-state index is -0.0423. The molecular formula is C19H18O3. The van der Waals surface area contributed by atoms with Gasteiger partial charge in [-0.2, -0.15) is 0 Å². The molecule has 0 spiro atoms. The highest BCUT2D eigenvalue weighted by Crippen LogP contribution is 2.28. The summed E-state index contributed by atoms with van der Waals surface area (Å²) in [6, 6.07) is 14.8. The monoisotopic (exact) mass is 294 g/mol. The summed E-state index contributed by atoms with van der Waals surface area (Å²) < 4.78 is 11.7. The van der Waals surface area contributed by atoms with Gasteiger partial charge in [0.15, 0.2) is 5.43 Å². The Morgan fingerprint density at radius 1 is 1.05 bits per heavy atom. The molecule has 0 aliphatic heterocycles. The van der Waals surface area contributed by atoms with Crippen molar-refractivity contribution in [2.24, 2.45) is 0 Å². The molecule has 3 aromatic rings. The van der Waals surface area contributed by atoms with Gasteiger partial charge in [0.1, 0.15) is 17.1 Å². The van der Waals surface area contributed by atoms with Gasteiger partial charge in [-0.1, -0.05) is 30.3 Å². The number of hydrogen-bond donors (Lipinski definition) is 0. The lowest BCUT2D eigenvalue weighted by Crippen LogP contribution is -2.08. The summed E-state index contributed by atoms with van der Waals surface area (Å²) in [5, 5.41) is 0.577. The Hall–Kier alpha value is -2.55. The van der Waals surface area contributed by atoms with Gasteiger partial charge < -0.3 is 9.15 Å². The molecule has 0 radical (unpaired) electrons. The van der Waals surface area contributed by atoms with Crippen LogP contribution in [0.4, 0.5) is 0 Å². The van der Waals surface area contributed by atoms with E-state index in [0.717, 1.165) is 16.9 Å². The summed E-state index contributed by atoms with van der Waals surface area (Å²) in [6.07, 6.45) is 0.0696. The van der Waals surface area contributed by atoms with Crippen LogP contribution in [0.2, 0.25) is 0 Å². The van der Waals surface area contributed by atoms with Crippen molar-refractivity contribution in [3.05, 3.63) is 64.3 Å². The van der Waals surface area contributed by atoms with Crippen molar-refractivity contribution in [3.8, 4) is 17.1 Å². The zero-order chi connectivity index (χ0) is 15.7. The molecule has 0 saturated carbocycles. The van der Waals surface area contributed by atoms with E-state index in [0.29, 0.717) is 16.7 Å². The fourth-order valence-corrected chi connectivity index (χ4v) is 2.42. The molecule has 1 heterocycles. The summed E-state index contributed by atoms with van der Waals surface area (Å²) >= 11 is 0. The molecule has 0 bridgehead atoms. The van der Waals surface area contributed by atoms with Crippen LogP contribution < -0.4 is 10.2 Å². The molecular weight excluding hydrogens is 276 g/mol. The predicted octanol–water partition coefficient (Wildman–Crippen LogP) is 4.56. The second kappa shape index (κ2) is 5.68. The van der Waals surface area contributed by atoms with Gasteiger partial charge in [0, 0.05) is 17.7 Å². The lowest BCUT2D eigenvalue weighted by molar-refractivity contribution is 0.241. The largest absolute Gasteiger partial charge is 0.491 e. The summed E-state index contributed by atoms with van der Waals surface area (Å²) in [5.74, 6) is 1.31. The average molecular weight is 294 g/mol. The summed E-state index contributed by atoms with van der Waals surface area (Å²) in [4.78, 5) is 12.4. The summed E-state index contributed by atoms with van der Waals surface area (Å²) in [5.41, 5.74) is 2.32. The van der Waals surface area contributed by atoms with Gasteiger partial charge in [0.25, 0.3) is 0 Å². The maximum atomic E-state index is 12.4. The first-order valence-electron chi connectivity index (χ1n) is 7.35. The van der Waals surface area contributed by atoms with E-state index in [1.807, 2.05) is 57.2 Å². The van der Waals surface area contributed by atoms with Crippen LogP contribution in [0.3, 0.4) is 0 Å². The molecule has 3 rings (SSSR count). The Balaban J connectivity index is 2.20. The number of aryl methyl sites for hydroxylation is 1. The molecule has 1 aromatic heterocycles. The van der Waals surface area contributed by atoms with E-state index in [1.165, 1.54) is 0 Å². The fraction of sp³-hybridized carbons (Fsp3) is 0.211. The number of fused-ring (bicyclic) bond motifs is 1. The fourth-order valence-electron chi connectivity index (χ4n) is 2.42. The SMILES string of the molecule is Cc1cc2c(=O)cc(-c3ccccc3)oc2cc1OC(C)C. The second-order valence-corrected chi connectivity index (χ2v) is 5.62. The van der Waals surface area contributed by atoms with Crippen molar-refractivity contribution in [1.82, 2.24) is 0 Å². The van der Waals surface area contributed by atoms with Crippen molar-refractivity contribution >= 4 is 11.0 Å². The molecule has 0 amide bonds. The number of benzene rings is 2. The number of ether oxygens (including phenoxy) is 1. The lowest BCUT2D eigenvalue weighted by Gasteiger charge is -2.13. The molecule has 0 N–H and O–H groups in total. The quantitative estimate of drug-likeness (QED) is 0.711. The highest BCUT2D eigenvalue weighted by atomic mass is 16.5. The molecule has 3 nitrogen and oxygen atoms in total. The van der Waals surface area contributed by atoms with Crippen molar-refractivity contribution in [2.45, 2.75) is 26.9 Å². The number of rotatable bonds is 3. The van der Waals surface area contributed by atoms with E-state index in [2.05, 4.69) is 0 Å². The molecule has 0 saturated heterocycles. The highest BCUT2D eigenvalue weighted by molar-refractivity contribution is 5.81. The third-order valence-corrected chi connectivity index (χ3v) is 3.45. The van der Waals surface area contributed by atoms with Crippen LogP contribution in [-0.2, 0) is 0 Å². The molecule has 0 aliphatic rings. The van der Waals surface area contributed by atoms with Gasteiger partial charge in [-0.15, -0.1) is 0 Å². The molecule has 112 valence electrons. The molecule has 22 heavy (non-hydrogen) atoms. The van der Waals surface area contributed by atoms with Gasteiger partial charge in [-0.3, -0.25) is 4.79 Å². The molecule has 2 aromatic carbocycles. The van der Waals surface area contributed by atoms with Gasteiger partial charge in [0.05, 0.1) is 11.5 Å². The molecule has 0 fully saturated rings. The van der Waals surface area contributed by atoms with Gasteiger partial charge >= 0.3 is 0 Å². The van der Waals surface area contributed by atoms with E-state index in [9.17, 15) is 4.79 Å². The lowest BCUT2D eigenvalue weighted by atomic mass is 10.1. The first-order valence-corrected chi connectivity index (χ1v) is 7.35. The Bertz CT molecular complexity index is 861. The summed E-state index contributed by atoms with van der Waals surface area (Å²) in [7, 11) is 0. The average Bonchev–Trinajstić information content (AvgIpc) is 2.49. The molecule has 0 aliphatic carbocycles. The van der Waals surface area contributed by atoms with Crippen molar-refractivity contribution in [1.29, 1.82) is 0 Å². The Kier molecular flexibility index (Phi) is 3.72. The maximum absolute atomic E-state index is 12.4. The van der Waals surface area contributed by atoms with Crippen LogP contribution >= 0.6 is 0 Å². The van der Waals surface area contributed by atoms with Crippen LogP contribution in [0.25, 0.3) is 22.3 Å². The highest BCUT2D eigenvalue weighted by Gasteiger charge is 2.11. The predicted molar refractivity (Wildman–Crippen MR) is 88.4 cm³/mol. The standard InChI is InChI=1S/C19H18O3/c1-12(2)21-17-11-19-15(9-13(17)3)16(20)10-18(22-19)14-7-5-4-6-8-14/h4-12H,1-3H3. The Morgan fingerprint density at radius 2 is 1.77 bits per heavy atom. The van der Waals surface area contributed by atoms with E-state index >= 15 is 0 Å². The molecule has 3 heteroatoms. The van der Waals surface area contributed by atoms with E-state index in [4.69, 9.17) is 9.15 Å². The van der Waals surface area contributed by atoms with E-state index in [-0.39, 0.29) is 11.5 Å². The van der Waals surface area contributed by atoms with Crippen LogP contribution in [0.5, 0.6) is 5.75 Å².